The van der Waals surface area contributed by atoms with Crippen molar-refractivity contribution in [3.05, 3.63) is 21.4 Å². The summed E-state index contributed by atoms with van der Waals surface area (Å²) in [7, 11) is 0. The van der Waals surface area contributed by atoms with Crippen molar-refractivity contribution in [2.45, 2.75) is 13.8 Å². The van der Waals surface area contributed by atoms with E-state index in [0.29, 0.717) is 4.99 Å². The standard InChI is InChI=1S/C7H9NS2/c1-4-3-6(7(8)9)5(2)10-4/h3H,1-2H3,(H2,8,9). The molecule has 1 nitrogen and oxygen atoms in total. The summed E-state index contributed by atoms with van der Waals surface area (Å²) in [5.41, 5.74) is 6.49. The van der Waals surface area contributed by atoms with Crippen LogP contribution in [0.15, 0.2) is 6.07 Å². The average molecular weight is 171 g/mol. The molecule has 1 rings (SSSR count). The molecule has 0 aliphatic heterocycles. The zero-order chi connectivity index (χ0) is 7.72. The number of aryl methyl sites for hydroxylation is 2. The second kappa shape index (κ2) is 2.68. The molecule has 1 aromatic rings. The van der Waals surface area contributed by atoms with Crippen LogP contribution in [0.25, 0.3) is 0 Å². The third-order valence-corrected chi connectivity index (χ3v) is 2.49. The highest BCUT2D eigenvalue weighted by Gasteiger charge is 2.03. The fourth-order valence-electron chi connectivity index (χ4n) is 0.875. The van der Waals surface area contributed by atoms with E-state index in [1.165, 1.54) is 9.75 Å². The van der Waals surface area contributed by atoms with Crippen LogP contribution in [0, 0.1) is 13.8 Å². The van der Waals surface area contributed by atoms with Gasteiger partial charge in [-0.2, -0.15) is 0 Å². The van der Waals surface area contributed by atoms with Gasteiger partial charge in [0.2, 0.25) is 0 Å². The van der Waals surface area contributed by atoms with E-state index in [2.05, 4.69) is 6.92 Å². The predicted octanol–water partition coefficient (Wildman–Crippen LogP) is 2.00. The first kappa shape index (κ1) is 7.69. The Hall–Kier alpha value is -0.410. The molecule has 0 fully saturated rings. The third kappa shape index (κ3) is 1.36. The Morgan fingerprint density at radius 1 is 1.60 bits per heavy atom. The second-order valence-electron chi connectivity index (χ2n) is 2.19. The summed E-state index contributed by atoms with van der Waals surface area (Å²) in [4.78, 5) is 2.98. The van der Waals surface area contributed by atoms with Gasteiger partial charge >= 0.3 is 0 Å². The lowest BCUT2D eigenvalue weighted by atomic mass is 10.2. The molecule has 0 aromatic carbocycles. The lowest BCUT2D eigenvalue weighted by Crippen LogP contribution is -2.08. The number of rotatable bonds is 1. The molecule has 0 spiro atoms. The minimum Gasteiger partial charge on any atom is -0.389 e. The Morgan fingerprint density at radius 3 is 2.40 bits per heavy atom. The summed E-state index contributed by atoms with van der Waals surface area (Å²) < 4.78 is 0. The van der Waals surface area contributed by atoms with Crippen molar-refractivity contribution in [2.24, 2.45) is 5.73 Å². The zero-order valence-electron chi connectivity index (χ0n) is 5.97. The number of thiocarbonyl (C=S) groups is 1. The van der Waals surface area contributed by atoms with Crippen molar-refractivity contribution in [1.82, 2.24) is 0 Å². The van der Waals surface area contributed by atoms with E-state index in [1.807, 2.05) is 13.0 Å². The van der Waals surface area contributed by atoms with Crippen LogP contribution in [-0.2, 0) is 0 Å². The van der Waals surface area contributed by atoms with Gasteiger partial charge in [0.05, 0.1) is 0 Å². The summed E-state index contributed by atoms with van der Waals surface area (Å²) in [6.45, 7) is 4.09. The van der Waals surface area contributed by atoms with E-state index in [4.69, 9.17) is 18.0 Å². The van der Waals surface area contributed by atoms with E-state index in [-0.39, 0.29) is 0 Å². The van der Waals surface area contributed by atoms with E-state index in [9.17, 15) is 0 Å². The largest absolute Gasteiger partial charge is 0.389 e. The normalized spacial score (nSPS) is 9.80. The zero-order valence-corrected chi connectivity index (χ0v) is 7.60. The van der Waals surface area contributed by atoms with E-state index < -0.39 is 0 Å². The van der Waals surface area contributed by atoms with Crippen molar-refractivity contribution in [1.29, 1.82) is 0 Å². The van der Waals surface area contributed by atoms with Crippen molar-refractivity contribution >= 4 is 28.5 Å². The monoisotopic (exact) mass is 171 g/mol. The first-order chi connectivity index (χ1) is 4.61. The van der Waals surface area contributed by atoms with Gasteiger partial charge in [-0.1, -0.05) is 12.2 Å². The van der Waals surface area contributed by atoms with Crippen LogP contribution in [0.4, 0.5) is 0 Å². The number of thiophene rings is 1. The molecule has 0 aliphatic rings. The topological polar surface area (TPSA) is 26.0 Å². The molecule has 54 valence electrons. The fraction of sp³-hybridized carbons (Fsp3) is 0.286. The number of nitrogens with two attached hydrogens (primary N) is 1. The maximum atomic E-state index is 5.47. The second-order valence-corrected chi connectivity index (χ2v) is 4.09. The van der Waals surface area contributed by atoms with Crippen LogP contribution in [0.3, 0.4) is 0 Å². The molecule has 0 amide bonds. The average Bonchev–Trinajstić information content (AvgIpc) is 2.10. The highest BCUT2D eigenvalue weighted by molar-refractivity contribution is 7.80. The van der Waals surface area contributed by atoms with Gasteiger partial charge < -0.3 is 5.73 Å². The maximum Gasteiger partial charge on any atom is 0.105 e. The van der Waals surface area contributed by atoms with Gasteiger partial charge in [0.15, 0.2) is 0 Å². The van der Waals surface area contributed by atoms with Gasteiger partial charge in [0, 0.05) is 15.3 Å². The molecule has 0 unspecified atom stereocenters. The first-order valence-electron chi connectivity index (χ1n) is 2.98. The van der Waals surface area contributed by atoms with Crippen LogP contribution in [0.5, 0.6) is 0 Å². The maximum absolute atomic E-state index is 5.47. The summed E-state index contributed by atoms with van der Waals surface area (Å²) in [5.74, 6) is 0. The Balaban J connectivity index is 3.15. The van der Waals surface area contributed by atoms with E-state index >= 15 is 0 Å². The fourth-order valence-corrected chi connectivity index (χ4v) is 2.09. The molecule has 0 saturated heterocycles. The van der Waals surface area contributed by atoms with Crippen LogP contribution in [0.2, 0.25) is 0 Å². The van der Waals surface area contributed by atoms with Crippen molar-refractivity contribution < 1.29 is 0 Å². The summed E-state index contributed by atoms with van der Waals surface area (Å²) in [6.07, 6.45) is 0. The molecule has 0 aliphatic carbocycles. The molecule has 1 heterocycles. The van der Waals surface area contributed by atoms with Gasteiger partial charge in [-0.15, -0.1) is 11.3 Å². The molecule has 0 saturated carbocycles. The number of hydrogen-bond acceptors (Lipinski definition) is 2. The Labute approximate surface area is 69.9 Å². The van der Waals surface area contributed by atoms with Crippen LogP contribution in [-0.4, -0.2) is 4.99 Å². The molecular weight excluding hydrogens is 162 g/mol. The van der Waals surface area contributed by atoms with Crippen LogP contribution in [0.1, 0.15) is 15.3 Å². The highest BCUT2D eigenvalue weighted by Crippen LogP contribution is 2.19. The van der Waals surface area contributed by atoms with Crippen molar-refractivity contribution in [3.8, 4) is 0 Å². The van der Waals surface area contributed by atoms with Crippen molar-refractivity contribution in [2.75, 3.05) is 0 Å². The number of hydrogen-bond donors (Lipinski definition) is 1. The molecule has 0 bridgehead atoms. The van der Waals surface area contributed by atoms with Gasteiger partial charge in [-0.3, -0.25) is 0 Å². The molecule has 2 N–H and O–H groups in total. The summed E-state index contributed by atoms with van der Waals surface area (Å²) >= 11 is 6.58. The molecular formula is C7H9NS2. The highest BCUT2D eigenvalue weighted by atomic mass is 32.1. The Kier molecular flexibility index (Phi) is 2.06. The van der Waals surface area contributed by atoms with Gasteiger partial charge in [-0.05, 0) is 19.9 Å². The van der Waals surface area contributed by atoms with Gasteiger partial charge in [0.25, 0.3) is 0 Å². The van der Waals surface area contributed by atoms with Gasteiger partial charge in [-0.25, -0.2) is 0 Å². The smallest absolute Gasteiger partial charge is 0.105 e. The summed E-state index contributed by atoms with van der Waals surface area (Å²) in [5, 5.41) is 0. The molecule has 10 heavy (non-hydrogen) atoms. The van der Waals surface area contributed by atoms with Crippen molar-refractivity contribution in [3.63, 3.8) is 0 Å². The van der Waals surface area contributed by atoms with E-state index in [1.54, 1.807) is 11.3 Å². The van der Waals surface area contributed by atoms with Gasteiger partial charge in [0.1, 0.15) is 4.99 Å². The molecule has 0 atom stereocenters. The van der Waals surface area contributed by atoms with E-state index in [0.717, 1.165) is 5.56 Å². The minimum absolute atomic E-state index is 0.502. The lowest BCUT2D eigenvalue weighted by Gasteiger charge is -1.91. The molecule has 0 radical (unpaired) electrons. The summed E-state index contributed by atoms with van der Waals surface area (Å²) in [6, 6.07) is 2.03. The predicted molar refractivity (Wildman–Crippen MR) is 49.7 cm³/mol. The van der Waals surface area contributed by atoms with Crippen LogP contribution < -0.4 is 5.73 Å². The SMILES string of the molecule is Cc1cc(C(N)=S)c(C)s1. The molecule has 3 heteroatoms. The Bertz CT molecular complexity index is 263. The Morgan fingerprint density at radius 2 is 2.20 bits per heavy atom. The third-order valence-electron chi connectivity index (χ3n) is 1.31. The lowest BCUT2D eigenvalue weighted by molar-refractivity contribution is 1.56. The molecule has 1 aromatic heterocycles. The van der Waals surface area contributed by atoms with Crippen LogP contribution >= 0.6 is 23.6 Å². The minimum atomic E-state index is 0.502. The quantitative estimate of drug-likeness (QED) is 0.654. The first-order valence-corrected chi connectivity index (χ1v) is 4.20.